The van der Waals surface area contributed by atoms with E-state index >= 15 is 0 Å². The molecule has 0 saturated heterocycles. The maximum Gasteiger partial charge on any atom is 0.339 e. The molecule has 1 aromatic carbocycles. The van der Waals surface area contributed by atoms with Crippen LogP contribution in [0.2, 0.25) is 10.0 Å². The van der Waals surface area contributed by atoms with E-state index in [4.69, 9.17) is 28.3 Å². The highest BCUT2D eigenvalue weighted by Crippen LogP contribution is 2.19. The molecule has 0 atom stereocenters. The Labute approximate surface area is 91.1 Å². The fourth-order valence-corrected chi connectivity index (χ4v) is 0.711. The zero-order chi connectivity index (χ0) is 10.3. The summed E-state index contributed by atoms with van der Waals surface area (Å²) in [6.45, 7) is 0. The first-order chi connectivity index (χ1) is 6.07. The van der Waals surface area contributed by atoms with Crippen molar-refractivity contribution in [3.05, 3.63) is 34.3 Å². The normalized spacial score (nSPS) is 8.15. The first-order valence-electron chi connectivity index (χ1n) is 3.16. The predicted octanol–water partition coefficient (Wildman–Crippen LogP) is 3.06. The summed E-state index contributed by atoms with van der Waals surface area (Å²) < 4.78 is 0. The molecule has 0 fully saturated rings. The second-order valence-corrected chi connectivity index (χ2v) is 2.92. The van der Waals surface area contributed by atoms with Crippen LogP contribution in [0.5, 0.6) is 0 Å². The Morgan fingerprint density at radius 1 is 1.31 bits per heavy atom. The van der Waals surface area contributed by atoms with Crippen molar-refractivity contribution in [1.82, 2.24) is 0 Å². The summed E-state index contributed by atoms with van der Waals surface area (Å²) in [5.41, 5.74) is 0. The van der Waals surface area contributed by atoms with E-state index in [2.05, 4.69) is 12.2 Å². The van der Waals surface area contributed by atoms with Gasteiger partial charge in [-0.15, -0.1) is 0 Å². The Morgan fingerprint density at radius 3 is 1.77 bits per heavy atom. The summed E-state index contributed by atoms with van der Waals surface area (Å²) in [5.74, 6) is -1.06. The molecule has 0 saturated carbocycles. The van der Waals surface area contributed by atoms with E-state index in [9.17, 15) is 4.79 Å². The Kier molecular flexibility index (Phi) is 6.49. The third kappa shape index (κ3) is 6.51. The molecule has 2 nitrogen and oxygen atoms in total. The average molecular weight is 237 g/mol. The Hall–Kier alpha value is -0.640. The van der Waals surface area contributed by atoms with Gasteiger partial charge in [0.25, 0.3) is 0 Å². The van der Waals surface area contributed by atoms with Gasteiger partial charge < -0.3 is 5.11 Å². The minimum Gasteiger partial charge on any atom is -0.477 e. The van der Waals surface area contributed by atoms with Gasteiger partial charge in [0.2, 0.25) is 0 Å². The maximum absolute atomic E-state index is 9.21. The van der Waals surface area contributed by atoms with Crippen LogP contribution in [0.15, 0.2) is 24.3 Å². The van der Waals surface area contributed by atoms with Gasteiger partial charge >= 0.3 is 5.97 Å². The molecule has 13 heavy (non-hydrogen) atoms. The molecule has 0 aliphatic rings. The highest BCUT2D eigenvalue weighted by molar-refractivity contribution is 7.80. The summed E-state index contributed by atoms with van der Waals surface area (Å²) in [6.07, 6.45) is 0. The highest BCUT2D eigenvalue weighted by Gasteiger charge is 1.89. The van der Waals surface area contributed by atoms with Gasteiger partial charge in [0.1, 0.15) is 0 Å². The number of hydrogen-bond donors (Lipinski definition) is 1. The van der Waals surface area contributed by atoms with E-state index in [-0.39, 0.29) is 0 Å². The molecule has 0 aliphatic carbocycles. The van der Waals surface area contributed by atoms with E-state index in [0.29, 0.717) is 15.4 Å². The molecule has 0 unspecified atom stereocenters. The Bertz CT molecular complexity index is 281. The molecule has 0 aliphatic heterocycles. The summed E-state index contributed by atoms with van der Waals surface area (Å²) in [7, 11) is 0. The Morgan fingerprint density at radius 2 is 1.62 bits per heavy atom. The first kappa shape index (κ1) is 12.4. The number of hydrogen-bond acceptors (Lipinski definition) is 2. The van der Waals surface area contributed by atoms with Crippen LogP contribution in [0.1, 0.15) is 0 Å². The van der Waals surface area contributed by atoms with Crippen LogP contribution >= 0.6 is 35.4 Å². The fraction of sp³-hybridized carbons (Fsp3) is 0. The van der Waals surface area contributed by atoms with Crippen molar-refractivity contribution in [2.45, 2.75) is 0 Å². The number of carbonyl (C=O) groups is 1. The van der Waals surface area contributed by atoms with E-state index in [1.807, 2.05) is 12.1 Å². The van der Waals surface area contributed by atoms with Gasteiger partial charge in [0, 0.05) is 0 Å². The SMILES string of the molecule is Clc1ccccc1Cl.O=C(O)C=S. The van der Waals surface area contributed by atoms with Gasteiger partial charge in [-0.05, 0) is 12.1 Å². The standard InChI is InChI=1S/C6H4Cl2.C2H2O2S/c7-5-3-1-2-4-6(5)8;3-2(4)1-5/h1-4H;1H,(H,3,4). The van der Waals surface area contributed by atoms with Crippen LogP contribution in [0.25, 0.3) is 0 Å². The van der Waals surface area contributed by atoms with Crippen molar-refractivity contribution in [3.63, 3.8) is 0 Å². The average Bonchev–Trinajstić information content (AvgIpc) is 2.11. The van der Waals surface area contributed by atoms with Gasteiger partial charge in [-0.25, -0.2) is 4.79 Å². The lowest BCUT2D eigenvalue weighted by atomic mass is 10.4. The van der Waals surface area contributed by atoms with Crippen LogP contribution in [-0.4, -0.2) is 16.4 Å². The van der Waals surface area contributed by atoms with E-state index in [0.717, 1.165) is 0 Å². The van der Waals surface area contributed by atoms with Gasteiger partial charge in [-0.2, -0.15) is 0 Å². The number of carboxylic acids is 1. The third-order valence-electron chi connectivity index (χ3n) is 0.925. The monoisotopic (exact) mass is 236 g/mol. The molecular formula is C8H6Cl2O2S. The lowest BCUT2D eigenvalue weighted by Crippen LogP contribution is -1.89. The maximum atomic E-state index is 9.21. The summed E-state index contributed by atoms with van der Waals surface area (Å²) in [4.78, 5) is 9.21. The van der Waals surface area contributed by atoms with E-state index < -0.39 is 5.97 Å². The van der Waals surface area contributed by atoms with Crippen molar-refractivity contribution in [3.8, 4) is 0 Å². The van der Waals surface area contributed by atoms with Crippen LogP contribution in [0, 0.1) is 0 Å². The van der Waals surface area contributed by atoms with Crippen LogP contribution in [0.4, 0.5) is 0 Å². The summed E-state index contributed by atoms with van der Waals surface area (Å²) in [5, 5.41) is 9.44. The van der Waals surface area contributed by atoms with Crippen LogP contribution in [0.3, 0.4) is 0 Å². The molecule has 0 amide bonds. The molecule has 0 spiro atoms. The molecule has 5 heteroatoms. The van der Waals surface area contributed by atoms with Crippen molar-refractivity contribution < 1.29 is 9.90 Å². The molecule has 0 radical (unpaired) electrons. The van der Waals surface area contributed by atoms with Crippen molar-refractivity contribution in [2.75, 3.05) is 0 Å². The number of halogens is 2. The molecular weight excluding hydrogens is 231 g/mol. The van der Waals surface area contributed by atoms with Crippen molar-refractivity contribution >= 4 is 46.8 Å². The molecule has 0 aromatic heterocycles. The lowest BCUT2D eigenvalue weighted by molar-refractivity contribution is -0.128. The van der Waals surface area contributed by atoms with Crippen molar-refractivity contribution in [1.29, 1.82) is 0 Å². The molecule has 0 heterocycles. The zero-order valence-corrected chi connectivity index (χ0v) is 8.73. The first-order valence-corrected chi connectivity index (χ1v) is 4.38. The number of rotatable bonds is 1. The molecule has 0 bridgehead atoms. The second-order valence-electron chi connectivity index (χ2n) is 1.87. The molecule has 1 rings (SSSR count). The number of thiocarbonyl (C=S) groups is 1. The zero-order valence-electron chi connectivity index (χ0n) is 6.41. The van der Waals surface area contributed by atoms with Crippen LogP contribution < -0.4 is 0 Å². The van der Waals surface area contributed by atoms with Gasteiger partial charge in [0.05, 0.1) is 15.4 Å². The van der Waals surface area contributed by atoms with Gasteiger partial charge in [-0.3, -0.25) is 0 Å². The minimum absolute atomic E-state index is 0.606. The van der Waals surface area contributed by atoms with Crippen LogP contribution in [-0.2, 0) is 4.79 Å². The van der Waals surface area contributed by atoms with E-state index in [1.54, 1.807) is 12.1 Å². The fourth-order valence-electron chi connectivity index (χ4n) is 0.439. The van der Waals surface area contributed by atoms with Gasteiger partial charge in [0.15, 0.2) is 0 Å². The molecule has 1 N–H and O–H groups in total. The Balaban J connectivity index is 0.000000252. The molecule has 70 valence electrons. The third-order valence-corrected chi connectivity index (χ3v) is 1.88. The predicted molar refractivity (Wildman–Crippen MR) is 57.8 cm³/mol. The smallest absolute Gasteiger partial charge is 0.339 e. The largest absolute Gasteiger partial charge is 0.477 e. The molecule has 1 aromatic rings. The summed E-state index contributed by atoms with van der Waals surface area (Å²) >= 11 is 15.1. The second kappa shape index (κ2) is 6.83. The summed E-state index contributed by atoms with van der Waals surface area (Å²) in [6, 6.07) is 7.19. The van der Waals surface area contributed by atoms with Gasteiger partial charge in [-0.1, -0.05) is 47.6 Å². The number of benzene rings is 1. The highest BCUT2D eigenvalue weighted by atomic mass is 35.5. The number of carboxylic acid groups (broad SMARTS) is 1. The lowest BCUT2D eigenvalue weighted by Gasteiger charge is -1.88. The topological polar surface area (TPSA) is 37.3 Å². The van der Waals surface area contributed by atoms with Crippen molar-refractivity contribution in [2.24, 2.45) is 0 Å². The minimum atomic E-state index is -1.06. The van der Waals surface area contributed by atoms with E-state index in [1.165, 1.54) is 0 Å². The number of aliphatic carboxylic acids is 1. The quantitative estimate of drug-likeness (QED) is 0.762.